The maximum Gasteiger partial charge on any atom is 0.325 e. The molecular formula is C22H25N3O3. The van der Waals surface area contributed by atoms with Crippen LogP contribution >= 0.6 is 0 Å². The normalized spacial score (nSPS) is 15.6. The summed E-state index contributed by atoms with van der Waals surface area (Å²) in [5.41, 5.74) is 0.946. The molecule has 3 rings (SSSR count). The average molecular weight is 379 g/mol. The van der Waals surface area contributed by atoms with Gasteiger partial charge in [0.05, 0.1) is 6.04 Å². The lowest BCUT2D eigenvalue weighted by Crippen LogP contribution is -2.47. The Morgan fingerprint density at radius 1 is 0.964 bits per heavy atom. The molecule has 1 heterocycles. The van der Waals surface area contributed by atoms with Crippen LogP contribution in [0.15, 0.2) is 60.7 Å². The van der Waals surface area contributed by atoms with Crippen molar-refractivity contribution in [3.05, 3.63) is 71.8 Å². The maximum atomic E-state index is 12.7. The molecule has 2 aromatic rings. The molecule has 0 aliphatic carbocycles. The molecule has 28 heavy (non-hydrogen) atoms. The van der Waals surface area contributed by atoms with Gasteiger partial charge in [-0.2, -0.15) is 0 Å². The zero-order valence-electron chi connectivity index (χ0n) is 16.1. The third-order valence-corrected chi connectivity index (χ3v) is 5.33. The molecule has 0 radical (unpaired) electrons. The molecule has 1 aliphatic rings. The Bertz CT molecular complexity index is 808. The number of imide groups is 1. The second-order valence-electron chi connectivity index (χ2n) is 6.93. The van der Waals surface area contributed by atoms with E-state index in [1.165, 1.54) is 0 Å². The van der Waals surface area contributed by atoms with Gasteiger partial charge in [-0.15, -0.1) is 0 Å². The third-order valence-electron chi connectivity index (χ3n) is 5.33. The minimum atomic E-state index is -0.907. The van der Waals surface area contributed by atoms with Crippen molar-refractivity contribution in [1.82, 2.24) is 15.5 Å². The van der Waals surface area contributed by atoms with E-state index in [-0.39, 0.29) is 24.4 Å². The largest absolute Gasteiger partial charge is 0.344 e. The van der Waals surface area contributed by atoms with Gasteiger partial charge in [-0.3, -0.25) is 14.5 Å². The fourth-order valence-corrected chi connectivity index (χ4v) is 3.55. The van der Waals surface area contributed by atoms with Crippen LogP contribution in [0, 0.1) is 0 Å². The van der Waals surface area contributed by atoms with E-state index in [9.17, 15) is 14.4 Å². The summed E-state index contributed by atoms with van der Waals surface area (Å²) in [6.45, 7) is 3.40. The lowest BCUT2D eigenvalue weighted by atomic mass is 9.93. The molecule has 2 N–H and O–H groups in total. The van der Waals surface area contributed by atoms with E-state index in [2.05, 4.69) is 10.6 Å². The summed E-state index contributed by atoms with van der Waals surface area (Å²) in [4.78, 5) is 38.8. The Morgan fingerprint density at radius 2 is 1.46 bits per heavy atom. The Morgan fingerprint density at radius 3 is 1.89 bits per heavy atom. The van der Waals surface area contributed by atoms with Crippen molar-refractivity contribution in [3.8, 4) is 0 Å². The monoisotopic (exact) mass is 379 g/mol. The second-order valence-corrected chi connectivity index (χ2v) is 6.93. The fraction of sp³-hybridized carbons (Fsp3) is 0.318. The number of hydrogen-bond acceptors (Lipinski definition) is 3. The van der Waals surface area contributed by atoms with Crippen LogP contribution < -0.4 is 10.6 Å². The quantitative estimate of drug-likeness (QED) is 0.726. The Balaban J connectivity index is 1.78. The van der Waals surface area contributed by atoms with Crippen LogP contribution in [0.1, 0.15) is 43.9 Å². The lowest BCUT2D eigenvalue weighted by Gasteiger charge is -2.24. The number of carbonyl (C=O) groups excluding carboxylic acids is 3. The van der Waals surface area contributed by atoms with Gasteiger partial charge in [0.15, 0.2) is 0 Å². The summed E-state index contributed by atoms with van der Waals surface area (Å²) in [7, 11) is 0. The minimum Gasteiger partial charge on any atom is -0.344 e. The van der Waals surface area contributed by atoms with Crippen molar-refractivity contribution in [2.45, 2.75) is 38.3 Å². The van der Waals surface area contributed by atoms with E-state index in [1.54, 1.807) is 0 Å². The van der Waals surface area contributed by atoms with Crippen LogP contribution in [0.25, 0.3) is 0 Å². The molecule has 0 aromatic heterocycles. The molecule has 1 saturated heterocycles. The second kappa shape index (κ2) is 8.25. The van der Waals surface area contributed by atoms with Crippen molar-refractivity contribution < 1.29 is 14.4 Å². The first kappa shape index (κ1) is 19.6. The van der Waals surface area contributed by atoms with E-state index in [1.807, 2.05) is 74.5 Å². The van der Waals surface area contributed by atoms with Crippen LogP contribution in [-0.2, 0) is 9.59 Å². The smallest absolute Gasteiger partial charge is 0.325 e. The third kappa shape index (κ3) is 3.76. The number of benzene rings is 2. The number of urea groups is 1. The van der Waals surface area contributed by atoms with E-state index in [4.69, 9.17) is 0 Å². The summed E-state index contributed by atoms with van der Waals surface area (Å²) in [5, 5.41) is 5.71. The van der Waals surface area contributed by atoms with Crippen molar-refractivity contribution in [1.29, 1.82) is 0 Å². The van der Waals surface area contributed by atoms with E-state index in [0.717, 1.165) is 16.0 Å². The Labute approximate surface area is 164 Å². The molecule has 0 saturated carbocycles. The molecule has 4 amide bonds. The summed E-state index contributed by atoms with van der Waals surface area (Å²) in [6.07, 6.45) is 0.978. The lowest BCUT2D eigenvalue weighted by molar-refractivity contribution is -0.135. The number of nitrogens with one attached hydrogen (secondary N) is 2. The van der Waals surface area contributed by atoms with Crippen LogP contribution in [0.5, 0.6) is 0 Å². The predicted octanol–water partition coefficient (Wildman–Crippen LogP) is 3.00. The van der Waals surface area contributed by atoms with Crippen molar-refractivity contribution in [2.75, 3.05) is 6.54 Å². The van der Waals surface area contributed by atoms with E-state index < -0.39 is 11.6 Å². The molecule has 2 aromatic carbocycles. The summed E-state index contributed by atoms with van der Waals surface area (Å²) in [6, 6.07) is 18.3. The van der Waals surface area contributed by atoms with Gasteiger partial charge >= 0.3 is 6.03 Å². The number of rotatable bonds is 7. The number of amides is 4. The molecule has 6 heteroatoms. The van der Waals surface area contributed by atoms with Crippen molar-refractivity contribution in [3.63, 3.8) is 0 Å². The van der Waals surface area contributed by atoms with Crippen molar-refractivity contribution in [2.24, 2.45) is 0 Å². The highest BCUT2D eigenvalue weighted by Crippen LogP contribution is 2.25. The van der Waals surface area contributed by atoms with Gasteiger partial charge < -0.3 is 10.6 Å². The van der Waals surface area contributed by atoms with E-state index >= 15 is 0 Å². The summed E-state index contributed by atoms with van der Waals surface area (Å²) < 4.78 is 0. The topological polar surface area (TPSA) is 78.5 Å². The maximum absolute atomic E-state index is 12.7. The molecule has 0 bridgehead atoms. The van der Waals surface area contributed by atoms with Gasteiger partial charge in [0, 0.05) is 0 Å². The zero-order chi connectivity index (χ0) is 20.1. The first-order chi connectivity index (χ1) is 13.5. The average Bonchev–Trinajstić information content (AvgIpc) is 2.98. The molecule has 0 unspecified atom stereocenters. The number of hydrogen-bond donors (Lipinski definition) is 2. The summed E-state index contributed by atoms with van der Waals surface area (Å²) >= 11 is 0. The number of carbonyl (C=O) groups is 3. The fourth-order valence-electron chi connectivity index (χ4n) is 3.55. The predicted molar refractivity (Wildman–Crippen MR) is 106 cm³/mol. The number of nitrogens with zero attached hydrogens (tertiary/aromatic N) is 1. The van der Waals surface area contributed by atoms with Gasteiger partial charge in [0.2, 0.25) is 5.91 Å². The minimum absolute atomic E-state index is 0.303. The molecule has 1 aliphatic heterocycles. The highest BCUT2D eigenvalue weighted by atomic mass is 16.2. The summed E-state index contributed by atoms with van der Waals surface area (Å²) in [5.74, 6) is -0.724. The molecule has 0 spiro atoms. The van der Waals surface area contributed by atoms with Crippen LogP contribution in [0.2, 0.25) is 0 Å². The zero-order valence-corrected chi connectivity index (χ0v) is 16.1. The van der Waals surface area contributed by atoms with Gasteiger partial charge in [-0.1, -0.05) is 74.5 Å². The van der Waals surface area contributed by atoms with Gasteiger partial charge in [0.1, 0.15) is 12.1 Å². The molecule has 146 valence electrons. The standard InChI is InChI=1S/C22H25N3O3/c1-3-22(4-2)20(27)25(21(28)24-22)15-18(26)23-19(16-11-7-5-8-12-16)17-13-9-6-10-14-17/h5-14,19H,3-4,15H2,1-2H3,(H,23,26)(H,24,28). The van der Waals surface area contributed by atoms with Crippen LogP contribution in [0.4, 0.5) is 4.79 Å². The SMILES string of the molecule is CCC1(CC)NC(=O)N(CC(=O)NC(c2ccccc2)c2ccccc2)C1=O. The van der Waals surface area contributed by atoms with Gasteiger partial charge in [-0.25, -0.2) is 4.79 Å². The van der Waals surface area contributed by atoms with E-state index in [0.29, 0.717) is 12.8 Å². The molecule has 1 fully saturated rings. The van der Waals surface area contributed by atoms with Crippen LogP contribution in [-0.4, -0.2) is 34.8 Å². The first-order valence-electron chi connectivity index (χ1n) is 9.54. The molecule has 0 atom stereocenters. The van der Waals surface area contributed by atoms with Gasteiger partial charge in [0.25, 0.3) is 5.91 Å². The highest BCUT2D eigenvalue weighted by molar-refractivity contribution is 6.09. The molecular weight excluding hydrogens is 354 g/mol. The molecule has 6 nitrogen and oxygen atoms in total. The van der Waals surface area contributed by atoms with Crippen LogP contribution in [0.3, 0.4) is 0 Å². The van der Waals surface area contributed by atoms with Crippen molar-refractivity contribution >= 4 is 17.8 Å². The highest BCUT2D eigenvalue weighted by Gasteiger charge is 2.49. The Hall–Kier alpha value is -3.15. The Kier molecular flexibility index (Phi) is 5.78. The van der Waals surface area contributed by atoms with Gasteiger partial charge in [-0.05, 0) is 24.0 Å². The first-order valence-corrected chi connectivity index (χ1v) is 9.54.